The Labute approximate surface area is 76.2 Å². The van der Waals surface area contributed by atoms with Gasteiger partial charge in [-0.15, -0.1) is 0 Å². The first-order valence-electron chi connectivity index (χ1n) is 4.27. The van der Waals surface area contributed by atoms with Crippen LogP contribution in [0.1, 0.15) is 0 Å². The first-order chi connectivity index (χ1) is 6.40. The van der Waals surface area contributed by atoms with E-state index in [1.54, 1.807) is 6.33 Å². The molecule has 1 aromatic carbocycles. The fourth-order valence-electron chi connectivity index (χ4n) is 1.26. The molecule has 0 saturated heterocycles. The van der Waals surface area contributed by atoms with Crippen LogP contribution in [0.25, 0.3) is 11.0 Å². The van der Waals surface area contributed by atoms with Crippen molar-refractivity contribution in [2.45, 2.75) is 0 Å². The molecule has 0 radical (unpaired) electrons. The van der Waals surface area contributed by atoms with E-state index in [9.17, 15) is 0 Å². The molecule has 2 aromatic rings. The Morgan fingerprint density at radius 3 is 3.23 bits per heavy atom. The van der Waals surface area contributed by atoms with Gasteiger partial charge in [0.05, 0.1) is 17.4 Å². The summed E-state index contributed by atoms with van der Waals surface area (Å²) in [6.07, 6.45) is 1.69. The quantitative estimate of drug-likeness (QED) is 0.651. The van der Waals surface area contributed by atoms with Crippen molar-refractivity contribution in [3.05, 3.63) is 24.5 Å². The average molecular weight is 176 g/mol. The van der Waals surface area contributed by atoms with Gasteiger partial charge in [0.25, 0.3) is 0 Å². The Bertz CT molecular complexity index is 393. The number of hydrogen-bond donors (Lipinski definition) is 3. The lowest BCUT2D eigenvalue weighted by molar-refractivity contribution is 1.02. The van der Waals surface area contributed by atoms with Gasteiger partial charge < -0.3 is 16.0 Å². The molecule has 1 heterocycles. The molecule has 1 aromatic heterocycles. The molecule has 0 aliphatic rings. The molecule has 0 aliphatic carbocycles. The summed E-state index contributed by atoms with van der Waals surface area (Å²) in [6, 6.07) is 6.00. The molecule has 0 amide bonds. The van der Waals surface area contributed by atoms with E-state index in [2.05, 4.69) is 15.3 Å². The third-order valence-electron chi connectivity index (χ3n) is 1.89. The number of fused-ring (bicyclic) bond motifs is 1. The number of aromatic amines is 1. The number of rotatable bonds is 3. The van der Waals surface area contributed by atoms with Crippen LogP contribution in [-0.2, 0) is 0 Å². The van der Waals surface area contributed by atoms with Crippen molar-refractivity contribution in [2.24, 2.45) is 5.73 Å². The monoisotopic (exact) mass is 176 g/mol. The zero-order chi connectivity index (χ0) is 9.10. The lowest BCUT2D eigenvalue weighted by Crippen LogP contribution is -2.12. The molecule has 0 bridgehead atoms. The number of imidazole rings is 1. The summed E-state index contributed by atoms with van der Waals surface area (Å²) in [5, 5.41) is 3.20. The van der Waals surface area contributed by atoms with Crippen LogP contribution in [0.3, 0.4) is 0 Å². The highest BCUT2D eigenvalue weighted by molar-refractivity contribution is 5.78. The van der Waals surface area contributed by atoms with Crippen molar-refractivity contribution in [3.8, 4) is 0 Å². The second kappa shape index (κ2) is 3.45. The van der Waals surface area contributed by atoms with E-state index in [-0.39, 0.29) is 0 Å². The fourth-order valence-corrected chi connectivity index (χ4v) is 1.26. The lowest BCUT2D eigenvalue weighted by Gasteiger charge is -2.03. The normalized spacial score (nSPS) is 10.5. The number of nitrogens with zero attached hydrogens (tertiary/aromatic N) is 1. The molecule has 0 fully saturated rings. The molecule has 13 heavy (non-hydrogen) atoms. The smallest absolute Gasteiger partial charge is 0.0931 e. The number of nitrogens with two attached hydrogens (primary N) is 1. The number of anilines is 1. The van der Waals surface area contributed by atoms with Crippen molar-refractivity contribution in [3.63, 3.8) is 0 Å². The predicted molar refractivity (Wildman–Crippen MR) is 53.6 cm³/mol. The molecule has 68 valence electrons. The van der Waals surface area contributed by atoms with Crippen LogP contribution < -0.4 is 11.1 Å². The van der Waals surface area contributed by atoms with Crippen molar-refractivity contribution in [1.82, 2.24) is 9.97 Å². The van der Waals surface area contributed by atoms with Gasteiger partial charge >= 0.3 is 0 Å². The van der Waals surface area contributed by atoms with Crippen LogP contribution in [0.15, 0.2) is 24.5 Å². The maximum Gasteiger partial charge on any atom is 0.0931 e. The van der Waals surface area contributed by atoms with E-state index < -0.39 is 0 Å². The number of hydrogen-bond acceptors (Lipinski definition) is 3. The third kappa shape index (κ3) is 1.62. The Balaban J connectivity index is 2.26. The minimum Gasteiger partial charge on any atom is -0.384 e. The summed E-state index contributed by atoms with van der Waals surface area (Å²) in [5.41, 5.74) is 8.49. The zero-order valence-electron chi connectivity index (χ0n) is 7.25. The number of nitrogens with one attached hydrogen (secondary N) is 2. The minimum atomic E-state index is 0.640. The van der Waals surface area contributed by atoms with Gasteiger partial charge in [-0.1, -0.05) is 0 Å². The summed E-state index contributed by atoms with van der Waals surface area (Å²) in [5.74, 6) is 0. The molecule has 0 atom stereocenters. The largest absolute Gasteiger partial charge is 0.384 e. The van der Waals surface area contributed by atoms with Crippen LogP contribution in [-0.4, -0.2) is 23.1 Å². The molecular formula is C9H12N4. The second-order valence-electron chi connectivity index (χ2n) is 2.85. The predicted octanol–water partition coefficient (Wildman–Crippen LogP) is 0.933. The van der Waals surface area contributed by atoms with Gasteiger partial charge in [-0.3, -0.25) is 0 Å². The molecule has 2 rings (SSSR count). The van der Waals surface area contributed by atoms with Gasteiger partial charge in [0, 0.05) is 18.8 Å². The summed E-state index contributed by atoms with van der Waals surface area (Å²) in [6.45, 7) is 1.43. The van der Waals surface area contributed by atoms with Crippen LogP contribution in [0.2, 0.25) is 0 Å². The molecular weight excluding hydrogens is 164 g/mol. The van der Waals surface area contributed by atoms with E-state index in [1.807, 2.05) is 18.2 Å². The van der Waals surface area contributed by atoms with Gasteiger partial charge in [0.2, 0.25) is 0 Å². The van der Waals surface area contributed by atoms with Gasteiger partial charge in [-0.25, -0.2) is 4.98 Å². The zero-order valence-corrected chi connectivity index (χ0v) is 7.25. The molecule has 4 nitrogen and oxygen atoms in total. The second-order valence-corrected chi connectivity index (χ2v) is 2.85. The van der Waals surface area contributed by atoms with Crippen molar-refractivity contribution in [2.75, 3.05) is 18.4 Å². The van der Waals surface area contributed by atoms with Crippen molar-refractivity contribution >= 4 is 16.7 Å². The maximum atomic E-state index is 5.39. The van der Waals surface area contributed by atoms with E-state index in [0.717, 1.165) is 23.3 Å². The number of H-pyrrole nitrogens is 1. The van der Waals surface area contributed by atoms with Crippen LogP contribution in [0.4, 0.5) is 5.69 Å². The van der Waals surface area contributed by atoms with E-state index in [1.165, 1.54) is 0 Å². The highest BCUT2D eigenvalue weighted by Gasteiger charge is 1.96. The summed E-state index contributed by atoms with van der Waals surface area (Å²) in [7, 11) is 0. The van der Waals surface area contributed by atoms with Crippen LogP contribution in [0, 0.1) is 0 Å². The summed E-state index contributed by atoms with van der Waals surface area (Å²) < 4.78 is 0. The first-order valence-corrected chi connectivity index (χ1v) is 4.27. The maximum absolute atomic E-state index is 5.39. The molecule has 0 spiro atoms. The Morgan fingerprint density at radius 2 is 2.38 bits per heavy atom. The Kier molecular flexibility index (Phi) is 2.14. The van der Waals surface area contributed by atoms with Gasteiger partial charge in [0.1, 0.15) is 0 Å². The standard InChI is InChI=1S/C9H12N4/c10-3-4-11-7-1-2-8-9(5-7)13-6-12-8/h1-2,5-6,11H,3-4,10H2,(H,12,13). The summed E-state index contributed by atoms with van der Waals surface area (Å²) >= 11 is 0. The molecule has 4 N–H and O–H groups in total. The Morgan fingerprint density at radius 1 is 1.46 bits per heavy atom. The number of benzene rings is 1. The lowest BCUT2D eigenvalue weighted by atomic mass is 10.3. The molecule has 0 aliphatic heterocycles. The fraction of sp³-hybridized carbons (Fsp3) is 0.222. The van der Waals surface area contributed by atoms with E-state index in [0.29, 0.717) is 6.54 Å². The molecule has 0 saturated carbocycles. The topological polar surface area (TPSA) is 66.7 Å². The third-order valence-corrected chi connectivity index (χ3v) is 1.89. The SMILES string of the molecule is NCCNc1ccc2nc[nH]c2c1. The highest BCUT2D eigenvalue weighted by Crippen LogP contribution is 2.14. The van der Waals surface area contributed by atoms with Gasteiger partial charge in [-0.05, 0) is 18.2 Å². The van der Waals surface area contributed by atoms with Gasteiger partial charge in [0.15, 0.2) is 0 Å². The van der Waals surface area contributed by atoms with Crippen molar-refractivity contribution < 1.29 is 0 Å². The van der Waals surface area contributed by atoms with Crippen LogP contribution in [0.5, 0.6) is 0 Å². The molecule has 0 unspecified atom stereocenters. The van der Waals surface area contributed by atoms with Crippen molar-refractivity contribution in [1.29, 1.82) is 0 Å². The first kappa shape index (κ1) is 8.07. The minimum absolute atomic E-state index is 0.640. The van der Waals surface area contributed by atoms with Gasteiger partial charge in [-0.2, -0.15) is 0 Å². The Hall–Kier alpha value is -1.55. The highest BCUT2D eigenvalue weighted by atomic mass is 14.9. The van der Waals surface area contributed by atoms with E-state index in [4.69, 9.17) is 5.73 Å². The average Bonchev–Trinajstić information content (AvgIpc) is 2.61. The van der Waals surface area contributed by atoms with Crippen LogP contribution >= 0.6 is 0 Å². The molecule has 4 heteroatoms. The summed E-state index contributed by atoms with van der Waals surface area (Å²) in [4.78, 5) is 7.19. The van der Waals surface area contributed by atoms with E-state index >= 15 is 0 Å². The number of aromatic nitrogens is 2.